The van der Waals surface area contributed by atoms with Crippen LogP contribution in [0.5, 0.6) is 0 Å². The maximum absolute atomic E-state index is 12.1. The van der Waals surface area contributed by atoms with Crippen molar-refractivity contribution in [1.29, 1.82) is 0 Å². The highest BCUT2D eigenvalue weighted by atomic mass is 35.5. The molecule has 0 atom stereocenters. The van der Waals surface area contributed by atoms with Gasteiger partial charge in [-0.15, -0.1) is 5.11 Å². The van der Waals surface area contributed by atoms with Gasteiger partial charge in [-0.2, -0.15) is 5.11 Å². The van der Waals surface area contributed by atoms with Gasteiger partial charge in [0, 0.05) is 15.6 Å². The second kappa shape index (κ2) is 7.02. The number of aliphatic hydroxyl groups excluding tert-OH is 1. The van der Waals surface area contributed by atoms with Crippen molar-refractivity contribution in [2.45, 2.75) is 0 Å². The van der Waals surface area contributed by atoms with E-state index in [4.69, 9.17) is 28.3 Å². The molecule has 0 saturated heterocycles. The van der Waals surface area contributed by atoms with Crippen molar-refractivity contribution in [3.05, 3.63) is 76.1 Å². The molecule has 106 valence electrons. The molecule has 0 aliphatic carbocycles. The van der Waals surface area contributed by atoms with Gasteiger partial charge >= 0.3 is 0 Å². The summed E-state index contributed by atoms with van der Waals surface area (Å²) in [5.41, 5.74) is 0.699. The Kier molecular flexibility index (Phi) is 5.09. The van der Waals surface area contributed by atoms with E-state index in [2.05, 4.69) is 10.2 Å². The topological polar surface area (TPSA) is 62.0 Å². The molecule has 0 radical (unpaired) electrons. The molecule has 2 rings (SSSR count). The number of benzene rings is 2. The molecule has 0 heterocycles. The smallest absolute Gasteiger partial charge is 0.216 e. The van der Waals surface area contributed by atoms with E-state index in [1.54, 1.807) is 48.5 Å². The molecule has 0 unspecified atom stereocenters. The third-order valence-corrected chi connectivity index (χ3v) is 3.07. The number of rotatable bonds is 4. The van der Waals surface area contributed by atoms with E-state index in [0.29, 0.717) is 27.6 Å². The van der Waals surface area contributed by atoms with Gasteiger partial charge in [0.15, 0.2) is 5.70 Å². The van der Waals surface area contributed by atoms with Crippen LogP contribution in [0.25, 0.3) is 0 Å². The van der Waals surface area contributed by atoms with Crippen LogP contribution in [0, 0.1) is 0 Å². The number of hydrogen-bond acceptors (Lipinski definition) is 4. The average molecular weight is 321 g/mol. The maximum Gasteiger partial charge on any atom is 0.216 e. The molecular formula is C15H10Cl2N2O2. The summed E-state index contributed by atoms with van der Waals surface area (Å²) >= 11 is 11.5. The van der Waals surface area contributed by atoms with Crippen molar-refractivity contribution >= 4 is 34.7 Å². The monoisotopic (exact) mass is 320 g/mol. The molecule has 0 aliphatic rings. The lowest BCUT2D eigenvalue weighted by Crippen LogP contribution is -2.01. The second-order valence-corrected chi connectivity index (χ2v) is 4.90. The van der Waals surface area contributed by atoms with Gasteiger partial charge in [0.2, 0.25) is 5.78 Å². The van der Waals surface area contributed by atoms with E-state index in [9.17, 15) is 4.79 Å². The number of Topliss-reactive ketones (excluding diaryl/α,β-unsaturated/α-hetero) is 1. The molecule has 0 saturated carbocycles. The number of azo groups is 1. The number of allylic oxidation sites excluding steroid dienone is 1. The van der Waals surface area contributed by atoms with Gasteiger partial charge in [-0.3, -0.25) is 4.79 Å². The minimum absolute atomic E-state index is 0.174. The molecule has 4 nitrogen and oxygen atoms in total. The van der Waals surface area contributed by atoms with Gasteiger partial charge in [0.25, 0.3) is 0 Å². The van der Waals surface area contributed by atoms with E-state index < -0.39 is 5.78 Å². The van der Waals surface area contributed by atoms with Gasteiger partial charge in [-0.1, -0.05) is 23.2 Å². The SMILES string of the molecule is O=C(/C(=C\O)N=Nc1ccc(Cl)cc1)c1ccc(Cl)cc1. The van der Waals surface area contributed by atoms with Crippen LogP contribution in [0.3, 0.4) is 0 Å². The fourth-order valence-corrected chi connectivity index (χ4v) is 1.75. The maximum atomic E-state index is 12.1. The average Bonchev–Trinajstić information content (AvgIpc) is 2.50. The summed E-state index contributed by atoms with van der Waals surface area (Å²) in [4.78, 5) is 12.1. The molecule has 0 spiro atoms. The first kappa shape index (κ1) is 15.2. The minimum atomic E-state index is -0.452. The van der Waals surface area contributed by atoms with Crippen LogP contribution in [-0.4, -0.2) is 10.9 Å². The number of carbonyl (C=O) groups excluding carboxylic acids is 1. The van der Waals surface area contributed by atoms with Crippen molar-refractivity contribution in [2.75, 3.05) is 0 Å². The van der Waals surface area contributed by atoms with Crippen LogP contribution in [0.1, 0.15) is 10.4 Å². The lowest BCUT2D eigenvalue weighted by Gasteiger charge is -2.00. The quantitative estimate of drug-likeness (QED) is 0.357. The van der Waals surface area contributed by atoms with Gasteiger partial charge in [-0.05, 0) is 48.5 Å². The molecule has 0 aromatic heterocycles. The predicted octanol–water partition coefficient (Wildman–Crippen LogP) is 5.36. The van der Waals surface area contributed by atoms with Crippen LogP contribution < -0.4 is 0 Å². The Morgan fingerprint density at radius 3 is 2.00 bits per heavy atom. The van der Waals surface area contributed by atoms with Crippen molar-refractivity contribution in [3.8, 4) is 0 Å². The van der Waals surface area contributed by atoms with E-state index in [1.807, 2.05) is 0 Å². The molecule has 2 aromatic rings. The molecule has 1 N–H and O–H groups in total. The normalized spacial score (nSPS) is 11.8. The standard InChI is InChI=1S/C15H10Cl2N2O2/c16-11-3-1-10(2-4-11)15(21)14(9-20)19-18-13-7-5-12(17)6-8-13/h1-9,20H/b14-9+,19-18?. The summed E-state index contributed by atoms with van der Waals surface area (Å²) in [6, 6.07) is 12.9. The van der Waals surface area contributed by atoms with Crippen LogP contribution >= 0.6 is 23.2 Å². The summed E-state index contributed by atoms with van der Waals surface area (Å²) in [6.45, 7) is 0. The van der Waals surface area contributed by atoms with Gasteiger partial charge in [0.05, 0.1) is 5.69 Å². The van der Waals surface area contributed by atoms with Crippen LogP contribution in [0.15, 0.2) is 70.7 Å². The van der Waals surface area contributed by atoms with Gasteiger partial charge in [-0.25, -0.2) is 0 Å². The van der Waals surface area contributed by atoms with Crippen LogP contribution in [0.2, 0.25) is 10.0 Å². The molecule has 0 bridgehead atoms. The number of ketones is 1. The zero-order valence-corrected chi connectivity index (χ0v) is 12.2. The van der Waals surface area contributed by atoms with E-state index in [0.717, 1.165) is 0 Å². The number of halogens is 2. The van der Waals surface area contributed by atoms with Crippen molar-refractivity contribution < 1.29 is 9.90 Å². The highest BCUT2D eigenvalue weighted by Crippen LogP contribution is 2.19. The first-order valence-corrected chi connectivity index (χ1v) is 6.67. The zero-order chi connectivity index (χ0) is 15.2. The second-order valence-electron chi connectivity index (χ2n) is 4.03. The van der Waals surface area contributed by atoms with Gasteiger partial charge in [0.1, 0.15) is 6.26 Å². The number of nitrogens with zero attached hydrogens (tertiary/aromatic N) is 2. The Labute approximate surface area is 131 Å². The third-order valence-electron chi connectivity index (χ3n) is 2.56. The molecule has 0 fully saturated rings. The Morgan fingerprint density at radius 1 is 0.952 bits per heavy atom. The van der Waals surface area contributed by atoms with Crippen molar-refractivity contribution in [3.63, 3.8) is 0 Å². The Bertz CT molecular complexity index is 693. The van der Waals surface area contributed by atoms with E-state index >= 15 is 0 Å². The molecule has 6 heteroatoms. The summed E-state index contributed by atoms with van der Waals surface area (Å²) in [5.74, 6) is -0.452. The highest BCUT2D eigenvalue weighted by Gasteiger charge is 2.12. The fraction of sp³-hybridized carbons (Fsp3) is 0. The number of aliphatic hydroxyl groups is 1. The fourth-order valence-electron chi connectivity index (χ4n) is 1.50. The Morgan fingerprint density at radius 2 is 1.48 bits per heavy atom. The zero-order valence-electron chi connectivity index (χ0n) is 10.7. The van der Waals surface area contributed by atoms with Crippen molar-refractivity contribution in [1.82, 2.24) is 0 Å². The molecule has 21 heavy (non-hydrogen) atoms. The third kappa shape index (κ3) is 4.15. The van der Waals surface area contributed by atoms with E-state index in [-0.39, 0.29) is 5.70 Å². The number of carbonyl (C=O) groups is 1. The van der Waals surface area contributed by atoms with Gasteiger partial charge < -0.3 is 5.11 Å². The largest absolute Gasteiger partial charge is 0.513 e. The molecule has 0 amide bonds. The Hall–Kier alpha value is -2.17. The molecule has 2 aromatic carbocycles. The number of hydrogen-bond donors (Lipinski definition) is 1. The molecular weight excluding hydrogens is 311 g/mol. The highest BCUT2D eigenvalue weighted by molar-refractivity contribution is 6.31. The first-order chi connectivity index (χ1) is 10.1. The van der Waals surface area contributed by atoms with Crippen molar-refractivity contribution in [2.24, 2.45) is 10.2 Å². The predicted molar refractivity (Wildman–Crippen MR) is 82.5 cm³/mol. The minimum Gasteiger partial charge on any atom is -0.513 e. The lowest BCUT2D eigenvalue weighted by atomic mass is 10.1. The first-order valence-electron chi connectivity index (χ1n) is 5.92. The van der Waals surface area contributed by atoms with Crippen LogP contribution in [0.4, 0.5) is 5.69 Å². The summed E-state index contributed by atoms with van der Waals surface area (Å²) in [7, 11) is 0. The lowest BCUT2D eigenvalue weighted by molar-refractivity contribution is 0.102. The summed E-state index contributed by atoms with van der Waals surface area (Å²) in [5, 5.41) is 17.9. The molecule has 0 aliphatic heterocycles. The van der Waals surface area contributed by atoms with E-state index in [1.165, 1.54) is 0 Å². The Balaban J connectivity index is 2.18. The van der Waals surface area contributed by atoms with Crippen LogP contribution in [-0.2, 0) is 0 Å². The summed E-state index contributed by atoms with van der Waals surface area (Å²) in [6.07, 6.45) is 0.621. The summed E-state index contributed by atoms with van der Waals surface area (Å²) < 4.78 is 0.